The molecule has 0 aliphatic carbocycles. The van der Waals surface area contributed by atoms with E-state index < -0.39 is 0 Å². The van der Waals surface area contributed by atoms with Gasteiger partial charge in [0.15, 0.2) is 0 Å². The lowest BCUT2D eigenvalue weighted by molar-refractivity contribution is 0.348. The number of aromatic nitrogens is 1. The summed E-state index contributed by atoms with van der Waals surface area (Å²) >= 11 is 0. The van der Waals surface area contributed by atoms with Crippen LogP contribution in [0.5, 0.6) is 5.88 Å². The first-order valence-corrected chi connectivity index (χ1v) is 6.12. The number of nitrogens with zero attached hydrogens (tertiary/aromatic N) is 1. The summed E-state index contributed by atoms with van der Waals surface area (Å²) in [5.74, 6) is 1.35. The molecule has 1 N–H and O–H groups in total. The molecule has 17 heavy (non-hydrogen) atoms. The Hall–Kier alpha value is -1.35. The third-order valence-electron chi connectivity index (χ3n) is 2.24. The zero-order chi connectivity index (χ0) is 12.5. The van der Waals surface area contributed by atoms with Gasteiger partial charge in [0.1, 0.15) is 6.61 Å². The third-order valence-corrected chi connectivity index (χ3v) is 2.24. The molecule has 0 aliphatic heterocycles. The number of pyridine rings is 1. The Balaban J connectivity index is 2.34. The second-order valence-corrected chi connectivity index (χ2v) is 4.41. The van der Waals surface area contributed by atoms with Crippen molar-refractivity contribution in [1.29, 1.82) is 0 Å². The van der Waals surface area contributed by atoms with Crippen LogP contribution in [0.2, 0.25) is 0 Å². The van der Waals surface area contributed by atoms with Crippen molar-refractivity contribution in [1.82, 2.24) is 10.3 Å². The van der Waals surface area contributed by atoms with Crippen LogP contribution in [0.3, 0.4) is 0 Å². The number of ether oxygens (including phenoxy) is 1. The lowest BCUT2D eigenvalue weighted by atomic mass is 10.2. The van der Waals surface area contributed by atoms with Crippen LogP contribution in [0.15, 0.2) is 30.5 Å². The van der Waals surface area contributed by atoms with Gasteiger partial charge in [0.2, 0.25) is 5.88 Å². The van der Waals surface area contributed by atoms with E-state index in [2.05, 4.69) is 24.1 Å². The summed E-state index contributed by atoms with van der Waals surface area (Å²) in [5.41, 5.74) is 1.18. The standard InChI is InChI=1S/C14H22N2O/c1-4-5-8-17-14-7-6-13(11-16-14)10-15-9-12(2)3/h4-7,11-12,15H,8-10H2,1-3H3. The van der Waals surface area contributed by atoms with Gasteiger partial charge in [0.05, 0.1) is 0 Å². The molecule has 0 atom stereocenters. The minimum atomic E-state index is 0.578. The topological polar surface area (TPSA) is 34.1 Å². The zero-order valence-corrected chi connectivity index (χ0v) is 10.9. The van der Waals surface area contributed by atoms with Gasteiger partial charge in [-0.1, -0.05) is 32.1 Å². The first kappa shape index (κ1) is 13.7. The van der Waals surface area contributed by atoms with E-state index in [4.69, 9.17) is 4.74 Å². The van der Waals surface area contributed by atoms with Crippen LogP contribution in [0.4, 0.5) is 0 Å². The van der Waals surface area contributed by atoms with Gasteiger partial charge < -0.3 is 10.1 Å². The predicted octanol–water partition coefficient (Wildman–Crippen LogP) is 2.78. The molecular weight excluding hydrogens is 212 g/mol. The van der Waals surface area contributed by atoms with Gasteiger partial charge in [-0.15, -0.1) is 0 Å². The molecule has 3 heteroatoms. The molecule has 0 aromatic carbocycles. The Kier molecular flexibility index (Phi) is 6.33. The van der Waals surface area contributed by atoms with Gasteiger partial charge in [-0.2, -0.15) is 0 Å². The molecule has 0 unspecified atom stereocenters. The smallest absolute Gasteiger partial charge is 0.213 e. The average Bonchev–Trinajstić information content (AvgIpc) is 2.31. The lowest BCUT2D eigenvalue weighted by Gasteiger charge is -2.07. The summed E-state index contributed by atoms with van der Waals surface area (Å²) in [6.45, 7) is 8.83. The van der Waals surface area contributed by atoms with E-state index in [0.717, 1.165) is 13.1 Å². The van der Waals surface area contributed by atoms with E-state index in [1.54, 1.807) is 0 Å². The van der Waals surface area contributed by atoms with Crippen molar-refractivity contribution in [3.05, 3.63) is 36.0 Å². The number of allylic oxidation sites excluding steroid dienone is 1. The summed E-state index contributed by atoms with van der Waals surface area (Å²) in [6.07, 6.45) is 5.78. The van der Waals surface area contributed by atoms with E-state index in [-0.39, 0.29) is 0 Å². The van der Waals surface area contributed by atoms with Gasteiger partial charge in [0.25, 0.3) is 0 Å². The molecule has 1 heterocycles. The first-order chi connectivity index (χ1) is 8.22. The molecule has 1 rings (SSSR count). The molecule has 0 fully saturated rings. The molecule has 0 amide bonds. The quantitative estimate of drug-likeness (QED) is 0.737. The Labute approximate surface area is 104 Å². The zero-order valence-electron chi connectivity index (χ0n) is 10.9. The van der Waals surface area contributed by atoms with E-state index in [0.29, 0.717) is 18.4 Å². The second-order valence-electron chi connectivity index (χ2n) is 4.41. The summed E-state index contributed by atoms with van der Waals surface area (Å²) in [4.78, 5) is 4.25. The summed E-state index contributed by atoms with van der Waals surface area (Å²) in [7, 11) is 0. The van der Waals surface area contributed by atoms with Crippen LogP contribution in [0.25, 0.3) is 0 Å². The monoisotopic (exact) mass is 234 g/mol. The van der Waals surface area contributed by atoms with E-state index in [9.17, 15) is 0 Å². The molecule has 0 saturated heterocycles. The molecule has 0 spiro atoms. The predicted molar refractivity (Wildman–Crippen MR) is 71.1 cm³/mol. The molecule has 0 radical (unpaired) electrons. The highest BCUT2D eigenvalue weighted by molar-refractivity contribution is 5.17. The molecule has 1 aromatic heterocycles. The Bertz CT molecular complexity index is 331. The molecule has 3 nitrogen and oxygen atoms in total. The van der Waals surface area contributed by atoms with E-state index >= 15 is 0 Å². The van der Waals surface area contributed by atoms with Crippen molar-refractivity contribution in [2.45, 2.75) is 27.3 Å². The highest BCUT2D eigenvalue weighted by Gasteiger charge is 1.97. The maximum Gasteiger partial charge on any atom is 0.213 e. The highest BCUT2D eigenvalue weighted by Crippen LogP contribution is 2.07. The van der Waals surface area contributed by atoms with Gasteiger partial charge in [-0.05, 0) is 24.9 Å². The van der Waals surface area contributed by atoms with Crippen molar-refractivity contribution < 1.29 is 4.74 Å². The first-order valence-electron chi connectivity index (χ1n) is 6.12. The molecule has 1 aromatic rings. The number of hydrogen-bond donors (Lipinski definition) is 1. The maximum absolute atomic E-state index is 5.43. The van der Waals surface area contributed by atoms with Crippen LogP contribution >= 0.6 is 0 Å². The molecular formula is C14H22N2O. The van der Waals surface area contributed by atoms with Crippen molar-refractivity contribution in [2.24, 2.45) is 5.92 Å². The normalized spacial score (nSPS) is 11.3. The fourth-order valence-electron chi connectivity index (χ4n) is 1.34. The van der Waals surface area contributed by atoms with Gasteiger partial charge in [-0.3, -0.25) is 0 Å². The highest BCUT2D eigenvalue weighted by atomic mass is 16.5. The number of rotatable bonds is 7. The van der Waals surface area contributed by atoms with Crippen LogP contribution in [0.1, 0.15) is 26.3 Å². The van der Waals surface area contributed by atoms with E-state index in [1.807, 2.05) is 37.4 Å². The van der Waals surface area contributed by atoms with Gasteiger partial charge in [0, 0.05) is 18.8 Å². The molecule has 0 bridgehead atoms. The summed E-state index contributed by atoms with van der Waals surface area (Å²) < 4.78 is 5.43. The number of nitrogens with one attached hydrogen (secondary N) is 1. The molecule has 94 valence electrons. The number of hydrogen-bond acceptors (Lipinski definition) is 3. The Morgan fingerprint density at radius 1 is 1.41 bits per heavy atom. The molecule has 0 aliphatic rings. The minimum absolute atomic E-state index is 0.578. The minimum Gasteiger partial charge on any atom is -0.473 e. The Morgan fingerprint density at radius 2 is 2.24 bits per heavy atom. The Morgan fingerprint density at radius 3 is 2.82 bits per heavy atom. The van der Waals surface area contributed by atoms with Crippen LogP contribution in [-0.2, 0) is 6.54 Å². The fraction of sp³-hybridized carbons (Fsp3) is 0.500. The third kappa shape index (κ3) is 6.07. The SMILES string of the molecule is CC=CCOc1ccc(CNCC(C)C)cn1. The van der Waals surface area contributed by atoms with Crippen molar-refractivity contribution in [3.8, 4) is 5.88 Å². The van der Waals surface area contributed by atoms with Crippen molar-refractivity contribution >= 4 is 0 Å². The average molecular weight is 234 g/mol. The maximum atomic E-state index is 5.43. The van der Waals surface area contributed by atoms with Gasteiger partial charge >= 0.3 is 0 Å². The van der Waals surface area contributed by atoms with Crippen LogP contribution in [-0.4, -0.2) is 18.1 Å². The van der Waals surface area contributed by atoms with Crippen LogP contribution < -0.4 is 10.1 Å². The largest absolute Gasteiger partial charge is 0.473 e. The summed E-state index contributed by atoms with van der Waals surface area (Å²) in [5, 5.41) is 3.38. The summed E-state index contributed by atoms with van der Waals surface area (Å²) in [6, 6.07) is 3.96. The lowest BCUT2D eigenvalue weighted by Crippen LogP contribution is -2.18. The van der Waals surface area contributed by atoms with Crippen molar-refractivity contribution in [3.63, 3.8) is 0 Å². The van der Waals surface area contributed by atoms with Crippen molar-refractivity contribution in [2.75, 3.05) is 13.2 Å². The fourth-order valence-corrected chi connectivity index (χ4v) is 1.34. The van der Waals surface area contributed by atoms with E-state index in [1.165, 1.54) is 5.56 Å². The van der Waals surface area contributed by atoms with Gasteiger partial charge in [-0.25, -0.2) is 4.98 Å². The van der Waals surface area contributed by atoms with Crippen LogP contribution in [0, 0.1) is 5.92 Å². The molecule has 0 saturated carbocycles. The second kappa shape index (κ2) is 7.85.